The van der Waals surface area contributed by atoms with Crippen LogP contribution in [0.15, 0.2) is 18.2 Å². The van der Waals surface area contributed by atoms with Crippen molar-refractivity contribution < 1.29 is 23.0 Å². The minimum Gasteiger partial charge on any atom is -0.490 e. The monoisotopic (exact) mass is 301 g/mol. The number of rotatable bonds is 7. The van der Waals surface area contributed by atoms with Crippen molar-refractivity contribution in [3.63, 3.8) is 0 Å². The van der Waals surface area contributed by atoms with Gasteiger partial charge in [0.15, 0.2) is 11.6 Å². The van der Waals surface area contributed by atoms with Gasteiger partial charge in [0.2, 0.25) is 5.82 Å². The normalized spacial score (nSPS) is 13.9. The van der Waals surface area contributed by atoms with E-state index in [1.807, 2.05) is 13.8 Å². The van der Waals surface area contributed by atoms with E-state index in [1.54, 1.807) is 6.92 Å². The highest BCUT2D eigenvalue weighted by Gasteiger charge is 2.34. The van der Waals surface area contributed by atoms with Crippen molar-refractivity contribution in [1.29, 1.82) is 0 Å². The smallest absolute Gasteiger partial charge is 0.325 e. The van der Waals surface area contributed by atoms with E-state index < -0.39 is 23.1 Å². The lowest BCUT2D eigenvalue weighted by Gasteiger charge is -2.30. The van der Waals surface area contributed by atoms with Gasteiger partial charge in [-0.3, -0.25) is 10.1 Å². The van der Waals surface area contributed by atoms with Gasteiger partial charge in [0.05, 0.1) is 13.7 Å². The molecule has 1 N–H and O–H groups in total. The minimum atomic E-state index is -1.03. The Balaban J connectivity index is 2.69. The fourth-order valence-corrected chi connectivity index (χ4v) is 2.06. The molecule has 1 aromatic rings. The zero-order chi connectivity index (χ0) is 16.0. The van der Waals surface area contributed by atoms with Gasteiger partial charge in [-0.25, -0.2) is 4.39 Å². The lowest BCUT2D eigenvalue weighted by molar-refractivity contribution is -0.148. The highest BCUT2D eigenvalue weighted by molar-refractivity contribution is 5.80. The Hall–Kier alpha value is -1.69. The van der Waals surface area contributed by atoms with Gasteiger partial charge >= 0.3 is 5.97 Å². The summed E-state index contributed by atoms with van der Waals surface area (Å²) in [6, 6.07) is 3.77. The van der Waals surface area contributed by atoms with Crippen LogP contribution in [0, 0.1) is 11.6 Å². The van der Waals surface area contributed by atoms with Gasteiger partial charge in [-0.05, 0) is 32.9 Å². The third-order valence-electron chi connectivity index (χ3n) is 3.02. The SMILES string of the molecule is COC(=O)C(C)(CCOc1cccc(F)c1F)NC(C)C. The van der Waals surface area contributed by atoms with Gasteiger partial charge in [-0.15, -0.1) is 0 Å². The summed E-state index contributed by atoms with van der Waals surface area (Å²) < 4.78 is 36.5. The first kappa shape index (κ1) is 17.4. The first-order chi connectivity index (χ1) is 9.80. The summed E-state index contributed by atoms with van der Waals surface area (Å²) in [5.41, 5.74) is -0.952. The highest BCUT2D eigenvalue weighted by atomic mass is 19.2. The molecule has 118 valence electrons. The predicted octanol–water partition coefficient (Wildman–Crippen LogP) is 2.66. The fraction of sp³-hybridized carbons (Fsp3) is 0.533. The molecule has 0 bridgehead atoms. The van der Waals surface area contributed by atoms with Crippen LogP contribution < -0.4 is 10.1 Å². The summed E-state index contributed by atoms with van der Waals surface area (Å²) >= 11 is 0. The maximum Gasteiger partial charge on any atom is 0.325 e. The standard InChI is InChI=1S/C15H21F2NO3/c1-10(2)18-15(3,14(19)20-4)8-9-21-12-7-5-6-11(16)13(12)17/h5-7,10,18H,8-9H2,1-4H3. The Labute approximate surface area is 123 Å². The van der Waals surface area contributed by atoms with Crippen LogP contribution in [-0.4, -0.2) is 31.3 Å². The molecule has 0 spiro atoms. The van der Waals surface area contributed by atoms with E-state index in [1.165, 1.54) is 19.2 Å². The summed E-state index contributed by atoms with van der Waals surface area (Å²) in [6.45, 7) is 5.53. The molecule has 1 unspecified atom stereocenters. The highest BCUT2D eigenvalue weighted by Crippen LogP contribution is 2.21. The fourth-order valence-electron chi connectivity index (χ4n) is 2.06. The maximum absolute atomic E-state index is 13.4. The van der Waals surface area contributed by atoms with E-state index in [4.69, 9.17) is 9.47 Å². The van der Waals surface area contributed by atoms with E-state index in [-0.39, 0.29) is 24.8 Å². The molecule has 0 aliphatic carbocycles. The number of carbonyl (C=O) groups excluding carboxylic acids is 1. The number of carbonyl (C=O) groups is 1. The second-order valence-electron chi connectivity index (χ2n) is 5.27. The predicted molar refractivity (Wildman–Crippen MR) is 75.2 cm³/mol. The van der Waals surface area contributed by atoms with Crippen LogP contribution in [0.1, 0.15) is 27.2 Å². The minimum absolute atomic E-state index is 0.0473. The molecule has 1 atom stereocenters. The van der Waals surface area contributed by atoms with Crippen molar-refractivity contribution in [2.45, 2.75) is 38.8 Å². The molecule has 0 saturated heterocycles. The molecule has 1 aromatic carbocycles. The summed E-state index contributed by atoms with van der Waals surface area (Å²) in [6.07, 6.45) is 0.258. The van der Waals surface area contributed by atoms with Crippen molar-refractivity contribution in [1.82, 2.24) is 5.32 Å². The Bertz CT molecular complexity index is 494. The number of methoxy groups -OCH3 is 1. The molecule has 0 aliphatic rings. The topological polar surface area (TPSA) is 47.6 Å². The van der Waals surface area contributed by atoms with Crippen LogP contribution in [0.4, 0.5) is 8.78 Å². The summed E-state index contributed by atoms with van der Waals surface area (Å²) in [5, 5.41) is 3.10. The Morgan fingerprint density at radius 2 is 2.05 bits per heavy atom. The second kappa shape index (κ2) is 7.36. The van der Waals surface area contributed by atoms with Gasteiger partial charge < -0.3 is 9.47 Å². The van der Waals surface area contributed by atoms with E-state index in [2.05, 4.69) is 5.32 Å². The van der Waals surface area contributed by atoms with Gasteiger partial charge in [0, 0.05) is 12.5 Å². The molecule has 0 heterocycles. The van der Waals surface area contributed by atoms with E-state index in [0.717, 1.165) is 6.07 Å². The molecular weight excluding hydrogens is 280 g/mol. The van der Waals surface area contributed by atoms with Crippen LogP contribution in [0.25, 0.3) is 0 Å². The molecule has 21 heavy (non-hydrogen) atoms. The average Bonchev–Trinajstić information content (AvgIpc) is 2.41. The molecule has 6 heteroatoms. The van der Waals surface area contributed by atoms with Crippen LogP contribution in [0.5, 0.6) is 5.75 Å². The number of hydrogen-bond donors (Lipinski definition) is 1. The lowest BCUT2D eigenvalue weighted by Crippen LogP contribution is -2.53. The van der Waals surface area contributed by atoms with Crippen LogP contribution in [0.3, 0.4) is 0 Å². The molecule has 0 saturated carbocycles. The molecule has 0 aromatic heterocycles. The van der Waals surface area contributed by atoms with Gasteiger partial charge in [0.25, 0.3) is 0 Å². The number of halogens is 2. The third kappa shape index (κ3) is 4.67. The maximum atomic E-state index is 13.4. The first-order valence-electron chi connectivity index (χ1n) is 6.73. The number of nitrogens with one attached hydrogen (secondary N) is 1. The largest absolute Gasteiger partial charge is 0.490 e. The van der Waals surface area contributed by atoms with Crippen molar-refractivity contribution in [3.05, 3.63) is 29.8 Å². The van der Waals surface area contributed by atoms with Gasteiger partial charge in [-0.2, -0.15) is 4.39 Å². The molecule has 0 radical (unpaired) electrons. The Morgan fingerprint density at radius 1 is 1.38 bits per heavy atom. The van der Waals surface area contributed by atoms with Gasteiger partial charge in [-0.1, -0.05) is 6.07 Å². The first-order valence-corrected chi connectivity index (χ1v) is 6.73. The van der Waals surface area contributed by atoms with Gasteiger partial charge in [0.1, 0.15) is 5.54 Å². The molecule has 0 fully saturated rings. The Kier molecular flexibility index (Phi) is 6.08. The van der Waals surface area contributed by atoms with E-state index >= 15 is 0 Å². The van der Waals surface area contributed by atoms with Crippen molar-refractivity contribution >= 4 is 5.97 Å². The van der Waals surface area contributed by atoms with Crippen molar-refractivity contribution in [2.75, 3.05) is 13.7 Å². The van der Waals surface area contributed by atoms with E-state index in [0.29, 0.717) is 0 Å². The number of esters is 1. The number of hydrogen-bond acceptors (Lipinski definition) is 4. The zero-order valence-electron chi connectivity index (χ0n) is 12.7. The van der Waals surface area contributed by atoms with Crippen LogP contribution in [-0.2, 0) is 9.53 Å². The Morgan fingerprint density at radius 3 is 2.62 bits per heavy atom. The number of ether oxygens (including phenoxy) is 2. The van der Waals surface area contributed by atoms with Crippen LogP contribution in [0.2, 0.25) is 0 Å². The summed E-state index contributed by atoms with van der Waals surface area (Å²) in [4.78, 5) is 11.9. The van der Waals surface area contributed by atoms with Crippen molar-refractivity contribution in [3.8, 4) is 5.75 Å². The molecule has 1 rings (SSSR count). The number of benzene rings is 1. The lowest BCUT2D eigenvalue weighted by atomic mass is 9.97. The van der Waals surface area contributed by atoms with E-state index in [9.17, 15) is 13.6 Å². The molecular formula is C15H21F2NO3. The summed E-state index contributed by atoms with van der Waals surface area (Å²) in [5.74, 6) is -2.61. The molecule has 0 amide bonds. The second-order valence-corrected chi connectivity index (χ2v) is 5.27. The van der Waals surface area contributed by atoms with Crippen molar-refractivity contribution in [2.24, 2.45) is 0 Å². The molecule has 4 nitrogen and oxygen atoms in total. The third-order valence-corrected chi connectivity index (χ3v) is 3.02. The quantitative estimate of drug-likeness (QED) is 0.787. The average molecular weight is 301 g/mol. The van der Waals surface area contributed by atoms with Crippen LogP contribution >= 0.6 is 0 Å². The zero-order valence-corrected chi connectivity index (χ0v) is 12.7. The summed E-state index contributed by atoms with van der Waals surface area (Å²) in [7, 11) is 1.30. The molecule has 0 aliphatic heterocycles.